The molecule has 0 unspecified atom stereocenters. The summed E-state index contributed by atoms with van der Waals surface area (Å²) in [5.74, 6) is 0.837. The molecule has 6 nitrogen and oxygen atoms in total. The molecule has 0 amide bonds. The fourth-order valence-corrected chi connectivity index (χ4v) is 3.43. The van der Waals surface area contributed by atoms with Gasteiger partial charge in [0.2, 0.25) is 5.36 Å². The van der Waals surface area contributed by atoms with Crippen LogP contribution < -0.4 is 20.3 Å². The lowest BCUT2D eigenvalue weighted by Crippen LogP contribution is -2.29. The Morgan fingerprint density at radius 1 is 0.967 bits per heavy atom. The maximum absolute atomic E-state index is 6.19. The summed E-state index contributed by atoms with van der Waals surface area (Å²) in [5.41, 5.74) is 6.33. The van der Waals surface area contributed by atoms with Gasteiger partial charge in [-0.05, 0) is 58.0 Å². The predicted molar refractivity (Wildman–Crippen MR) is 123 cm³/mol. The first kappa shape index (κ1) is 21.4. The summed E-state index contributed by atoms with van der Waals surface area (Å²) in [7, 11) is 0. The van der Waals surface area contributed by atoms with Gasteiger partial charge in [-0.1, -0.05) is 0 Å². The fraction of sp³-hybridized carbons (Fsp3) is 0.333. The average molecular weight is 408 g/mol. The number of rotatable bonds is 5. The lowest BCUT2D eigenvalue weighted by atomic mass is 10.2. The van der Waals surface area contributed by atoms with Gasteiger partial charge >= 0.3 is 0 Å². The summed E-state index contributed by atoms with van der Waals surface area (Å²) in [6, 6.07) is 12.5. The standard InChI is InChI=1S/C20H26N3O.C4H5NO/c1-5-22(6-2)15-9-11-17-19(13-15)24-20-14-16(23(7-3)8-4)10-12-18(20)21-17;1-2-4-6-5-3-1/h9-14H,5-8H2,1-4H3;1-5H/q+1;. The second-order valence-electron chi connectivity index (χ2n) is 6.79. The Hall–Kier alpha value is -3.28. The maximum Gasteiger partial charge on any atom is 0.203 e. The minimum atomic E-state index is 0.837. The molecule has 0 aromatic heterocycles. The van der Waals surface area contributed by atoms with E-state index in [1.165, 1.54) is 11.0 Å². The normalized spacial score (nSPS) is 12.1. The van der Waals surface area contributed by atoms with Crippen LogP contribution in [-0.4, -0.2) is 31.2 Å². The Kier molecular flexibility index (Phi) is 7.49. The molecule has 4 rings (SSSR count). The van der Waals surface area contributed by atoms with Crippen LogP contribution >= 0.6 is 0 Å². The van der Waals surface area contributed by atoms with Crippen molar-refractivity contribution >= 4 is 16.8 Å². The molecule has 1 aliphatic carbocycles. The average Bonchev–Trinajstić information content (AvgIpc) is 2.81. The van der Waals surface area contributed by atoms with E-state index in [0.717, 1.165) is 48.7 Å². The van der Waals surface area contributed by atoms with Crippen LogP contribution in [-0.2, 0) is 4.84 Å². The molecule has 6 heteroatoms. The van der Waals surface area contributed by atoms with Gasteiger partial charge in [0.1, 0.15) is 30.6 Å². The van der Waals surface area contributed by atoms with E-state index in [1.807, 2.05) is 18.2 Å². The van der Waals surface area contributed by atoms with Crippen molar-refractivity contribution in [2.75, 3.05) is 31.1 Å². The molecule has 30 heavy (non-hydrogen) atoms. The summed E-state index contributed by atoms with van der Waals surface area (Å²) in [6.07, 6.45) is 6.93. The third-order valence-corrected chi connectivity index (χ3v) is 5.09. The van der Waals surface area contributed by atoms with Crippen molar-refractivity contribution in [2.24, 2.45) is 0 Å². The lowest BCUT2D eigenvalue weighted by Gasteiger charge is -2.21. The highest BCUT2D eigenvalue weighted by Crippen LogP contribution is 2.26. The Labute approximate surface area is 178 Å². The molecule has 2 aliphatic heterocycles. The molecule has 0 saturated heterocycles. The highest BCUT2D eigenvalue weighted by molar-refractivity contribution is 5.80. The van der Waals surface area contributed by atoms with Crippen molar-refractivity contribution in [3.8, 4) is 11.5 Å². The van der Waals surface area contributed by atoms with E-state index in [1.54, 1.807) is 18.5 Å². The Balaban J connectivity index is 0.000000367. The minimum Gasteiger partial charge on any atom is -0.452 e. The Morgan fingerprint density at radius 3 is 2.33 bits per heavy atom. The van der Waals surface area contributed by atoms with E-state index < -0.39 is 0 Å². The van der Waals surface area contributed by atoms with Gasteiger partial charge in [-0.25, -0.2) is 15.0 Å². The highest BCUT2D eigenvalue weighted by Gasteiger charge is 2.12. The molecule has 0 spiro atoms. The van der Waals surface area contributed by atoms with Crippen LogP contribution in [0.15, 0.2) is 65.4 Å². The monoisotopic (exact) mass is 407 g/mol. The largest absolute Gasteiger partial charge is 0.452 e. The smallest absolute Gasteiger partial charge is 0.203 e. The van der Waals surface area contributed by atoms with Gasteiger partial charge in [0.05, 0.1) is 6.07 Å². The summed E-state index contributed by atoms with van der Waals surface area (Å²) >= 11 is 0. The van der Waals surface area contributed by atoms with Crippen LogP contribution in [0, 0.1) is 0 Å². The van der Waals surface area contributed by atoms with Crippen molar-refractivity contribution in [3.63, 3.8) is 0 Å². The highest BCUT2D eigenvalue weighted by atomic mass is 16.6. The zero-order chi connectivity index (χ0) is 21.3. The predicted octanol–water partition coefficient (Wildman–Crippen LogP) is 4.14. The number of hydrogen-bond acceptors (Lipinski definition) is 5. The molecule has 2 heterocycles. The molecule has 0 bridgehead atoms. The van der Waals surface area contributed by atoms with E-state index in [2.05, 4.69) is 71.8 Å². The number of fused-ring (bicyclic) bond motifs is 2. The van der Waals surface area contributed by atoms with Crippen molar-refractivity contribution in [3.05, 3.63) is 66.4 Å². The molecule has 0 atom stereocenters. The molecular formula is C24H31N4O2+. The number of aromatic nitrogens is 1. The summed E-state index contributed by atoms with van der Waals surface area (Å²) < 4.78 is 8.50. The molecule has 1 aromatic rings. The van der Waals surface area contributed by atoms with Crippen LogP contribution in [0.3, 0.4) is 0 Å². The zero-order valence-electron chi connectivity index (χ0n) is 18.3. The van der Waals surface area contributed by atoms with Gasteiger partial charge in [-0.15, -0.1) is 0 Å². The molecule has 1 aromatic carbocycles. The van der Waals surface area contributed by atoms with E-state index in [9.17, 15) is 0 Å². The lowest BCUT2D eigenvalue weighted by molar-refractivity contribution is 0.172. The number of nitrogens with one attached hydrogen (secondary N) is 1. The Bertz CT molecular complexity index is 1050. The SMILES string of the molecule is C1=CNOC=C1.CCN(CC)c1ccc2nc3ccc(=[N+](CC)CC)cc-3oc2c1. The molecule has 3 aliphatic rings. The van der Waals surface area contributed by atoms with Gasteiger partial charge in [0.15, 0.2) is 11.3 Å². The first-order chi connectivity index (χ1) is 14.7. The fourth-order valence-electron chi connectivity index (χ4n) is 3.43. The number of allylic oxidation sites excluding steroid dienone is 2. The van der Waals surface area contributed by atoms with E-state index >= 15 is 0 Å². The third-order valence-electron chi connectivity index (χ3n) is 5.09. The van der Waals surface area contributed by atoms with Crippen molar-refractivity contribution in [1.82, 2.24) is 15.0 Å². The summed E-state index contributed by atoms with van der Waals surface area (Å²) in [5, 5.41) is 1.18. The van der Waals surface area contributed by atoms with Crippen LogP contribution in [0.25, 0.3) is 22.6 Å². The minimum absolute atomic E-state index is 0.837. The van der Waals surface area contributed by atoms with Crippen LogP contribution in [0.1, 0.15) is 27.7 Å². The third kappa shape index (κ3) is 5.00. The topological polar surface area (TPSA) is 53.5 Å². The van der Waals surface area contributed by atoms with Gasteiger partial charge in [0, 0.05) is 37.1 Å². The maximum atomic E-state index is 6.19. The van der Waals surface area contributed by atoms with Crippen LogP contribution in [0.2, 0.25) is 0 Å². The number of hydrogen-bond donors (Lipinski definition) is 1. The second-order valence-corrected chi connectivity index (χ2v) is 6.79. The first-order valence-electron chi connectivity index (χ1n) is 10.6. The molecule has 0 saturated carbocycles. The van der Waals surface area contributed by atoms with E-state index in [0.29, 0.717) is 0 Å². The molecular weight excluding hydrogens is 376 g/mol. The van der Waals surface area contributed by atoms with Gasteiger partial charge in [-0.2, -0.15) is 0 Å². The first-order valence-corrected chi connectivity index (χ1v) is 10.6. The molecule has 1 N–H and O–H groups in total. The quantitative estimate of drug-likeness (QED) is 0.509. The zero-order valence-corrected chi connectivity index (χ0v) is 18.3. The number of benzene rings is 2. The van der Waals surface area contributed by atoms with Crippen LogP contribution in [0.5, 0.6) is 0 Å². The molecule has 0 fully saturated rings. The van der Waals surface area contributed by atoms with Crippen molar-refractivity contribution in [1.29, 1.82) is 0 Å². The summed E-state index contributed by atoms with van der Waals surface area (Å²) in [6.45, 7) is 12.6. The molecule has 158 valence electrons. The number of anilines is 1. The van der Waals surface area contributed by atoms with E-state index in [4.69, 9.17) is 9.40 Å². The van der Waals surface area contributed by atoms with Gasteiger partial charge < -0.3 is 14.2 Å². The van der Waals surface area contributed by atoms with Gasteiger partial charge in [0.25, 0.3) is 0 Å². The van der Waals surface area contributed by atoms with E-state index in [-0.39, 0.29) is 0 Å². The number of hydroxylamine groups is 1. The van der Waals surface area contributed by atoms with Gasteiger partial charge in [-0.3, -0.25) is 0 Å². The van der Waals surface area contributed by atoms with Crippen molar-refractivity contribution < 1.29 is 9.25 Å². The second kappa shape index (κ2) is 10.5. The molecule has 0 radical (unpaired) electrons. The van der Waals surface area contributed by atoms with Crippen molar-refractivity contribution in [2.45, 2.75) is 27.7 Å². The summed E-state index contributed by atoms with van der Waals surface area (Å²) in [4.78, 5) is 11.6. The number of nitrogens with zero attached hydrogens (tertiary/aromatic N) is 3. The Morgan fingerprint density at radius 2 is 1.77 bits per heavy atom. The van der Waals surface area contributed by atoms with Crippen LogP contribution in [0.4, 0.5) is 5.69 Å².